The molecule has 0 aliphatic carbocycles. The Kier molecular flexibility index (Phi) is 5.89. The molecule has 0 aliphatic heterocycles. The lowest BCUT2D eigenvalue weighted by Crippen LogP contribution is -2.21. The van der Waals surface area contributed by atoms with Gasteiger partial charge in [-0.25, -0.2) is 0 Å². The highest BCUT2D eigenvalue weighted by atomic mass is 16.6. The number of nitrogens with one attached hydrogen (secondary N) is 1. The maximum Gasteiger partial charge on any atom is 0.306 e. The Bertz CT molecular complexity index is 783. The first-order valence-electron chi connectivity index (χ1n) is 7.60. The van der Waals surface area contributed by atoms with Gasteiger partial charge in [-0.3, -0.25) is 19.7 Å². The van der Waals surface area contributed by atoms with Gasteiger partial charge in [0, 0.05) is 12.5 Å². The number of esters is 1. The van der Waals surface area contributed by atoms with Crippen molar-refractivity contribution in [2.24, 2.45) is 0 Å². The highest BCUT2D eigenvalue weighted by molar-refractivity contribution is 5.95. The van der Waals surface area contributed by atoms with Gasteiger partial charge >= 0.3 is 5.97 Å². The van der Waals surface area contributed by atoms with Crippen molar-refractivity contribution < 1.29 is 23.7 Å². The minimum Gasteiger partial charge on any atom is -0.469 e. The van der Waals surface area contributed by atoms with Gasteiger partial charge in [0.25, 0.3) is 11.6 Å². The third-order valence-corrected chi connectivity index (χ3v) is 3.60. The summed E-state index contributed by atoms with van der Waals surface area (Å²) in [6, 6.07) is 6.35. The highest BCUT2D eigenvalue weighted by Crippen LogP contribution is 2.27. The quantitative estimate of drug-likeness (QED) is 0.469. The number of aryl methyl sites for hydroxylation is 3. The zero-order valence-corrected chi connectivity index (χ0v) is 13.9. The SMILES string of the molecule is Cc1cc(NC(=O)COC(=O)CCc2ccco2)c([N+](=O)[O-])cc1C. The zero-order chi connectivity index (χ0) is 18.4. The van der Waals surface area contributed by atoms with Crippen molar-refractivity contribution in [3.63, 3.8) is 0 Å². The number of carbonyl (C=O) groups excluding carboxylic acids is 2. The van der Waals surface area contributed by atoms with Gasteiger partial charge in [0.15, 0.2) is 6.61 Å². The fraction of sp³-hybridized carbons (Fsp3) is 0.294. The van der Waals surface area contributed by atoms with E-state index in [2.05, 4.69) is 5.32 Å². The first-order chi connectivity index (χ1) is 11.9. The summed E-state index contributed by atoms with van der Waals surface area (Å²) in [5, 5.41) is 13.5. The monoisotopic (exact) mass is 346 g/mol. The largest absolute Gasteiger partial charge is 0.469 e. The Morgan fingerprint density at radius 2 is 2.00 bits per heavy atom. The van der Waals surface area contributed by atoms with Crippen molar-refractivity contribution in [3.05, 3.63) is 57.5 Å². The number of nitro benzene ring substituents is 1. The number of amides is 1. The minimum absolute atomic E-state index is 0.0738. The molecule has 1 N–H and O–H groups in total. The summed E-state index contributed by atoms with van der Waals surface area (Å²) in [4.78, 5) is 34.0. The van der Waals surface area contributed by atoms with E-state index in [1.165, 1.54) is 18.4 Å². The van der Waals surface area contributed by atoms with Crippen LogP contribution in [0.3, 0.4) is 0 Å². The number of hydrogen-bond acceptors (Lipinski definition) is 6. The Labute approximate surface area is 143 Å². The number of rotatable bonds is 7. The van der Waals surface area contributed by atoms with E-state index in [-0.39, 0.29) is 17.8 Å². The van der Waals surface area contributed by atoms with Crippen molar-refractivity contribution >= 4 is 23.3 Å². The molecule has 8 nitrogen and oxygen atoms in total. The molecular weight excluding hydrogens is 328 g/mol. The van der Waals surface area contributed by atoms with Gasteiger partial charge < -0.3 is 14.5 Å². The summed E-state index contributed by atoms with van der Waals surface area (Å²) >= 11 is 0. The van der Waals surface area contributed by atoms with Crippen LogP contribution in [-0.2, 0) is 20.7 Å². The smallest absolute Gasteiger partial charge is 0.306 e. The second-order valence-electron chi connectivity index (χ2n) is 5.50. The van der Waals surface area contributed by atoms with Crippen LogP contribution in [0.15, 0.2) is 34.9 Å². The standard InChI is InChI=1S/C17H18N2O6/c1-11-8-14(15(19(22)23)9-12(11)2)18-16(20)10-25-17(21)6-5-13-4-3-7-24-13/h3-4,7-9H,5-6,10H2,1-2H3,(H,18,20). The molecule has 132 valence electrons. The summed E-state index contributed by atoms with van der Waals surface area (Å²) in [6.07, 6.45) is 1.95. The Balaban J connectivity index is 1.88. The van der Waals surface area contributed by atoms with Crippen LogP contribution in [0.25, 0.3) is 0 Å². The third kappa shape index (κ3) is 5.17. The van der Waals surface area contributed by atoms with E-state index in [0.29, 0.717) is 12.2 Å². The molecule has 0 unspecified atom stereocenters. The average Bonchev–Trinajstić information content (AvgIpc) is 3.07. The Morgan fingerprint density at radius 3 is 2.64 bits per heavy atom. The van der Waals surface area contributed by atoms with Crippen LogP contribution in [0.1, 0.15) is 23.3 Å². The first-order valence-corrected chi connectivity index (χ1v) is 7.60. The fourth-order valence-electron chi connectivity index (χ4n) is 2.14. The first kappa shape index (κ1) is 18.2. The normalized spacial score (nSPS) is 10.3. The second-order valence-corrected chi connectivity index (χ2v) is 5.50. The molecule has 0 fully saturated rings. The van der Waals surface area contributed by atoms with Crippen LogP contribution in [0, 0.1) is 24.0 Å². The van der Waals surface area contributed by atoms with Crippen molar-refractivity contribution in [1.29, 1.82) is 0 Å². The van der Waals surface area contributed by atoms with Gasteiger partial charge in [-0.2, -0.15) is 0 Å². The predicted molar refractivity (Wildman–Crippen MR) is 89.2 cm³/mol. The van der Waals surface area contributed by atoms with Crippen LogP contribution in [-0.4, -0.2) is 23.4 Å². The minimum atomic E-state index is -0.641. The van der Waals surface area contributed by atoms with Crippen LogP contribution in [0.4, 0.5) is 11.4 Å². The molecular formula is C17H18N2O6. The van der Waals surface area contributed by atoms with Crippen LogP contribution in [0.2, 0.25) is 0 Å². The molecule has 1 amide bonds. The van der Waals surface area contributed by atoms with E-state index >= 15 is 0 Å². The van der Waals surface area contributed by atoms with Gasteiger partial charge in [0.1, 0.15) is 11.4 Å². The number of nitro groups is 1. The molecule has 25 heavy (non-hydrogen) atoms. The fourth-order valence-corrected chi connectivity index (χ4v) is 2.14. The average molecular weight is 346 g/mol. The Hall–Kier alpha value is -3.16. The number of carbonyl (C=O) groups is 2. The lowest BCUT2D eigenvalue weighted by molar-refractivity contribution is -0.384. The molecule has 0 saturated heterocycles. The molecule has 8 heteroatoms. The van der Waals surface area contributed by atoms with Gasteiger partial charge in [-0.15, -0.1) is 0 Å². The number of anilines is 1. The molecule has 0 atom stereocenters. The van der Waals surface area contributed by atoms with Gasteiger partial charge in [0.05, 0.1) is 17.6 Å². The van der Waals surface area contributed by atoms with Crippen molar-refractivity contribution in [2.45, 2.75) is 26.7 Å². The molecule has 1 heterocycles. The highest BCUT2D eigenvalue weighted by Gasteiger charge is 2.18. The molecule has 2 rings (SSSR count). The number of hydrogen-bond donors (Lipinski definition) is 1. The van der Waals surface area contributed by atoms with E-state index in [4.69, 9.17) is 9.15 Å². The van der Waals surface area contributed by atoms with Crippen LogP contribution >= 0.6 is 0 Å². The van der Waals surface area contributed by atoms with Gasteiger partial charge in [-0.1, -0.05) is 0 Å². The van der Waals surface area contributed by atoms with E-state index in [9.17, 15) is 19.7 Å². The lowest BCUT2D eigenvalue weighted by Gasteiger charge is -2.09. The van der Waals surface area contributed by atoms with Gasteiger partial charge in [0.2, 0.25) is 0 Å². The van der Waals surface area contributed by atoms with Crippen molar-refractivity contribution in [1.82, 2.24) is 0 Å². The summed E-state index contributed by atoms with van der Waals surface area (Å²) < 4.78 is 9.96. The summed E-state index contributed by atoms with van der Waals surface area (Å²) in [5.41, 5.74) is 1.41. The summed E-state index contributed by atoms with van der Waals surface area (Å²) in [5.74, 6) is -0.550. The molecule has 1 aromatic carbocycles. The molecule has 1 aromatic heterocycles. The van der Waals surface area contributed by atoms with Crippen molar-refractivity contribution in [3.8, 4) is 0 Å². The number of furan rings is 1. The topological polar surface area (TPSA) is 112 Å². The molecule has 0 aliphatic rings. The van der Waals surface area contributed by atoms with E-state index in [1.807, 2.05) is 0 Å². The maximum atomic E-state index is 11.9. The zero-order valence-electron chi connectivity index (χ0n) is 13.9. The Morgan fingerprint density at radius 1 is 1.28 bits per heavy atom. The number of nitrogens with zero attached hydrogens (tertiary/aromatic N) is 1. The third-order valence-electron chi connectivity index (χ3n) is 3.60. The van der Waals surface area contributed by atoms with E-state index in [1.54, 1.807) is 26.0 Å². The van der Waals surface area contributed by atoms with Gasteiger partial charge in [-0.05, 0) is 43.2 Å². The predicted octanol–water partition coefficient (Wildman–Crippen LogP) is 2.92. The van der Waals surface area contributed by atoms with E-state index in [0.717, 1.165) is 11.1 Å². The van der Waals surface area contributed by atoms with Crippen molar-refractivity contribution in [2.75, 3.05) is 11.9 Å². The lowest BCUT2D eigenvalue weighted by atomic mass is 10.1. The maximum absolute atomic E-state index is 11.9. The summed E-state index contributed by atoms with van der Waals surface area (Å²) in [7, 11) is 0. The number of ether oxygens (including phenoxy) is 1. The molecule has 0 spiro atoms. The van der Waals surface area contributed by atoms with Crippen LogP contribution < -0.4 is 5.32 Å². The second kappa shape index (κ2) is 8.09. The molecule has 0 bridgehead atoms. The summed E-state index contributed by atoms with van der Waals surface area (Å²) in [6.45, 7) is 3.01. The molecule has 0 radical (unpaired) electrons. The molecule has 0 saturated carbocycles. The van der Waals surface area contributed by atoms with E-state index < -0.39 is 23.4 Å². The molecule has 2 aromatic rings. The number of benzene rings is 1. The van der Waals surface area contributed by atoms with Crippen LogP contribution in [0.5, 0.6) is 0 Å².